The third-order valence-electron chi connectivity index (χ3n) is 2.92. The maximum absolute atomic E-state index is 11.7. The smallest absolute Gasteiger partial charge is 0.226 e. The molecule has 0 saturated heterocycles. The van der Waals surface area contributed by atoms with Gasteiger partial charge in [-0.15, -0.1) is 10.2 Å². The van der Waals surface area contributed by atoms with E-state index in [2.05, 4.69) is 20.8 Å². The highest BCUT2D eigenvalue weighted by molar-refractivity contribution is 7.15. The molecule has 0 radical (unpaired) electrons. The molecule has 3 amide bonds. The Hall–Kier alpha value is -2.03. The van der Waals surface area contributed by atoms with Gasteiger partial charge in [0.1, 0.15) is 5.01 Å². The topological polar surface area (TPSA) is 104 Å². The van der Waals surface area contributed by atoms with Gasteiger partial charge in [0, 0.05) is 46.3 Å². The van der Waals surface area contributed by atoms with E-state index in [-0.39, 0.29) is 43.5 Å². The molecule has 0 saturated carbocycles. The van der Waals surface area contributed by atoms with Crippen LogP contribution < -0.4 is 10.6 Å². The molecule has 0 atom stereocenters. The molecule has 0 bridgehead atoms. The van der Waals surface area contributed by atoms with Gasteiger partial charge in [-0.25, -0.2) is 0 Å². The summed E-state index contributed by atoms with van der Waals surface area (Å²) in [5.41, 5.74) is 0. The second kappa shape index (κ2) is 9.88. The van der Waals surface area contributed by atoms with E-state index >= 15 is 0 Å². The van der Waals surface area contributed by atoms with Crippen LogP contribution in [0.1, 0.15) is 37.6 Å². The second-order valence-electron chi connectivity index (χ2n) is 5.19. The molecule has 0 unspecified atom stereocenters. The Kier molecular flexibility index (Phi) is 8.17. The molecule has 0 fully saturated rings. The first-order valence-corrected chi connectivity index (χ1v) is 8.33. The molecule has 0 aliphatic carbocycles. The van der Waals surface area contributed by atoms with Crippen molar-refractivity contribution in [2.75, 3.05) is 26.0 Å². The van der Waals surface area contributed by atoms with Crippen LogP contribution in [0, 0.1) is 0 Å². The Balaban J connectivity index is 2.21. The minimum atomic E-state index is -0.274. The largest absolute Gasteiger partial charge is 0.356 e. The van der Waals surface area contributed by atoms with Crippen molar-refractivity contribution in [2.24, 2.45) is 0 Å². The number of hydrogen-bond acceptors (Lipinski definition) is 6. The van der Waals surface area contributed by atoms with Gasteiger partial charge >= 0.3 is 0 Å². The summed E-state index contributed by atoms with van der Waals surface area (Å²) in [6, 6.07) is 0. The van der Waals surface area contributed by atoms with Gasteiger partial charge < -0.3 is 15.5 Å². The SMILES string of the molecule is CCCc1nnc(NC(=O)CCC(=O)NCCC(=O)N(C)C)s1. The van der Waals surface area contributed by atoms with Gasteiger partial charge in [0.05, 0.1) is 0 Å². The second-order valence-corrected chi connectivity index (χ2v) is 6.25. The average Bonchev–Trinajstić information content (AvgIpc) is 2.92. The van der Waals surface area contributed by atoms with E-state index < -0.39 is 0 Å². The third-order valence-corrected chi connectivity index (χ3v) is 3.81. The minimum Gasteiger partial charge on any atom is -0.356 e. The van der Waals surface area contributed by atoms with Crippen molar-refractivity contribution in [3.8, 4) is 0 Å². The molecule has 0 aliphatic heterocycles. The van der Waals surface area contributed by atoms with Crippen LogP contribution in [-0.4, -0.2) is 53.5 Å². The monoisotopic (exact) mass is 341 g/mol. The van der Waals surface area contributed by atoms with Crippen molar-refractivity contribution < 1.29 is 14.4 Å². The predicted octanol–water partition coefficient (Wildman–Crippen LogP) is 0.804. The highest BCUT2D eigenvalue weighted by Crippen LogP contribution is 2.16. The predicted molar refractivity (Wildman–Crippen MR) is 88.1 cm³/mol. The molecule has 1 heterocycles. The zero-order valence-electron chi connectivity index (χ0n) is 13.7. The molecule has 128 valence electrons. The van der Waals surface area contributed by atoms with Gasteiger partial charge in [0.2, 0.25) is 22.9 Å². The zero-order chi connectivity index (χ0) is 17.2. The van der Waals surface area contributed by atoms with Gasteiger partial charge in [-0.1, -0.05) is 18.3 Å². The van der Waals surface area contributed by atoms with E-state index in [1.807, 2.05) is 6.92 Å². The molecule has 23 heavy (non-hydrogen) atoms. The van der Waals surface area contributed by atoms with Gasteiger partial charge in [0.25, 0.3) is 0 Å². The molecule has 9 heteroatoms. The van der Waals surface area contributed by atoms with E-state index in [0.717, 1.165) is 17.8 Å². The van der Waals surface area contributed by atoms with E-state index in [0.29, 0.717) is 5.13 Å². The van der Waals surface area contributed by atoms with Gasteiger partial charge in [0.15, 0.2) is 0 Å². The number of anilines is 1. The molecular weight excluding hydrogens is 318 g/mol. The molecule has 0 aromatic carbocycles. The zero-order valence-corrected chi connectivity index (χ0v) is 14.5. The normalized spacial score (nSPS) is 10.2. The number of rotatable bonds is 9. The Morgan fingerprint density at radius 1 is 1.09 bits per heavy atom. The molecule has 1 aromatic heterocycles. The van der Waals surface area contributed by atoms with Crippen molar-refractivity contribution >= 4 is 34.2 Å². The van der Waals surface area contributed by atoms with E-state index in [1.54, 1.807) is 14.1 Å². The number of carbonyl (C=O) groups is 3. The van der Waals surface area contributed by atoms with Gasteiger partial charge in [-0.3, -0.25) is 14.4 Å². The Morgan fingerprint density at radius 3 is 2.43 bits per heavy atom. The highest BCUT2D eigenvalue weighted by Gasteiger charge is 2.11. The molecule has 1 aromatic rings. The number of hydrogen-bond donors (Lipinski definition) is 2. The maximum Gasteiger partial charge on any atom is 0.226 e. The Morgan fingerprint density at radius 2 is 1.78 bits per heavy atom. The van der Waals surface area contributed by atoms with E-state index in [9.17, 15) is 14.4 Å². The van der Waals surface area contributed by atoms with Crippen LogP contribution in [0.5, 0.6) is 0 Å². The number of carbonyl (C=O) groups excluding carboxylic acids is 3. The maximum atomic E-state index is 11.7. The third kappa shape index (κ3) is 7.68. The van der Waals surface area contributed by atoms with Crippen LogP contribution in [0.4, 0.5) is 5.13 Å². The van der Waals surface area contributed by atoms with Crippen LogP contribution in [0.15, 0.2) is 0 Å². The van der Waals surface area contributed by atoms with Crippen LogP contribution >= 0.6 is 11.3 Å². The molecule has 0 spiro atoms. The summed E-state index contributed by atoms with van der Waals surface area (Å²) in [4.78, 5) is 36.1. The highest BCUT2D eigenvalue weighted by atomic mass is 32.1. The molecule has 0 aliphatic rings. The number of nitrogens with zero attached hydrogens (tertiary/aromatic N) is 3. The van der Waals surface area contributed by atoms with Gasteiger partial charge in [-0.05, 0) is 6.42 Å². The number of aromatic nitrogens is 2. The van der Waals surface area contributed by atoms with Crippen LogP contribution in [0.3, 0.4) is 0 Å². The first-order chi connectivity index (χ1) is 10.9. The first-order valence-electron chi connectivity index (χ1n) is 7.51. The van der Waals surface area contributed by atoms with Crippen LogP contribution in [0.2, 0.25) is 0 Å². The summed E-state index contributed by atoms with van der Waals surface area (Å²) < 4.78 is 0. The fraction of sp³-hybridized carbons (Fsp3) is 0.643. The Bertz CT molecular complexity index is 544. The fourth-order valence-corrected chi connectivity index (χ4v) is 2.51. The lowest BCUT2D eigenvalue weighted by Crippen LogP contribution is -2.30. The lowest BCUT2D eigenvalue weighted by atomic mass is 10.2. The molecule has 2 N–H and O–H groups in total. The average molecular weight is 341 g/mol. The number of aryl methyl sites for hydroxylation is 1. The fourth-order valence-electron chi connectivity index (χ4n) is 1.65. The van der Waals surface area contributed by atoms with Crippen molar-refractivity contribution in [1.29, 1.82) is 0 Å². The van der Waals surface area contributed by atoms with Crippen molar-refractivity contribution in [3.05, 3.63) is 5.01 Å². The standard InChI is InChI=1S/C14H23N5O3S/c1-4-5-12-17-18-14(23-12)16-11(21)7-6-10(20)15-9-8-13(22)19(2)3/h4-9H2,1-3H3,(H,15,20)(H,16,18,21). The lowest BCUT2D eigenvalue weighted by Gasteiger charge is -2.10. The van der Waals surface area contributed by atoms with Crippen molar-refractivity contribution in [3.63, 3.8) is 0 Å². The van der Waals surface area contributed by atoms with E-state index in [4.69, 9.17) is 0 Å². The summed E-state index contributed by atoms with van der Waals surface area (Å²) in [7, 11) is 3.32. The van der Waals surface area contributed by atoms with Crippen molar-refractivity contribution in [2.45, 2.75) is 39.0 Å². The number of amides is 3. The summed E-state index contributed by atoms with van der Waals surface area (Å²) in [5.74, 6) is -0.582. The van der Waals surface area contributed by atoms with Crippen LogP contribution in [0.25, 0.3) is 0 Å². The quantitative estimate of drug-likeness (QED) is 0.691. The van der Waals surface area contributed by atoms with Crippen molar-refractivity contribution in [1.82, 2.24) is 20.4 Å². The first kappa shape index (κ1) is 19.0. The summed E-state index contributed by atoms with van der Waals surface area (Å²) >= 11 is 1.34. The van der Waals surface area contributed by atoms with Gasteiger partial charge in [-0.2, -0.15) is 0 Å². The summed E-state index contributed by atoms with van der Waals surface area (Å²) in [5, 5.41) is 14.4. The summed E-state index contributed by atoms with van der Waals surface area (Å²) in [6.07, 6.45) is 2.19. The molecule has 8 nitrogen and oxygen atoms in total. The molecular formula is C14H23N5O3S. The van der Waals surface area contributed by atoms with E-state index in [1.165, 1.54) is 16.2 Å². The lowest BCUT2D eigenvalue weighted by molar-refractivity contribution is -0.129. The summed E-state index contributed by atoms with van der Waals surface area (Å²) in [6.45, 7) is 2.32. The van der Waals surface area contributed by atoms with Crippen LogP contribution in [-0.2, 0) is 20.8 Å². The molecule has 1 rings (SSSR count). The Labute approximate surface area is 139 Å². The minimum absolute atomic E-state index is 0.0535. The number of nitrogens with one attached hydrogen (secondary N) is 2.